The average Bonchev–Trinajstić information content (AvgIpc) is 2.79. The number of carbonyl (C=O) groups is 2. The summed E-state index contributed by atoms with van der Waals surface area (Å²) in [5, 5.41) is 10.0. The highest BCUT2D eigenvalue weighted by Gasteiger charge is 2.35. The number of carbonyl (C=O) groups excluding carboxylic acids is 2. The topological polar surface area (TPSA) is 93.5 Å². The van der Waals surface area contributed by atoms with E-state index in [1.807, 2.05) is 27.7 Å². The lowest BCUT2D eigenvalue weighted by Crippen LogP contribution is -2.56. The van der Waals surface area contributed by atoms with Crippen LogP contribution in [0.4, 0.5) is 4.79 Å². The van der Waals surface area contributed by atoms with Gasteiger partial charge in [-0.25, -0.2) is 4.79 Å². The fourth-order valence-electron chi connectivity index (χ4n) is 3.56. The number of ether oxygens (including phenoxy) is 1. The first kappa shape index (κ1) is 21.3. The summed E-state index contributed by atoms with van der Waals surface area (Å²) < 4.78 is 10.6. The number of alkyl carbamates (subject to hydrolysis) is 1. The molecular weight excluding hydrogens is 346 g/mol. The standard InChI is InChI=1S/C20H33N3O4/c1-6-15-16(14(2)27-23-15)17(24)21-13-20(11-9-7-8-10-12-20)22-18(25)26-19(3,4)5/h6-13H2,1-5H3,(H,21,24)(H,22,25). The number of nitrogens with zero attached hydrogens (tertiary/aromatic N) is 1. The zero-order valence-electron chi connectivity index (χ0n) is 17.2. The van der Waals surface area contributed by atoms with E-state index in [0.717, 1.165) is 38.5 Å². The number of aromatic nitrogens is 1. The summed E-state index contributed by atoms with van der Waals surface area (Å²) in [4.78, 5) is 25.1. The second-order valence-corrected chi connectivity index (χ2v) is 8.42. The summed E-state index contributed by atoms with van der Waals surface area (Å²) in [6.07, 6.45) is 6.12. The van der Waals surface area contributed by atoms with Gasteiger partial charge in [0.15, 0.2) is 0 Å². The van der Waals surface area contributed by atoms with Crippen molar-refractivity contribution in [3.05, 3.63) is 17.0 Å². The quantitative estimate of drug-likeness (QED) is 0.757. The van der Waals surface area contributed by atoms with E-state index in [4.69, 9.17) is 9.26 Å². The van der Waals surface area contributed by atoms with Crippen LogP contribution in [0, 0.1) is 6.92 Å². The van der Waals surface area contributed by atoms with Crippen molar-refractivity contribution in [2.75, 3.05) is 6.54 Å². The molecule has 0 unspecified atom stereocenters. The Balaban J connectivity index is 2.11. The fourth-order valence-corrected chi connectivity index (χ4v) is 3.56. The molecule has 2 amide bonds. The first-order valence-electron chi connectivity index (χ1n) is 9.90. The predicted octanol–water partition coefficient (Wildman–Crippen LogP) is 3.89. The molecule has 0 bridgehead atoms. The lowest BCUT2D eigenvalue weighted by atomic mass is 9.90. The van der Waals surface area contributed by atoms with Gasteiger partial charge in [0.1, 0.15) is 16.9 Å². The molecule has 1 aliphatic carbocycles. The number of hydrogen-bond acceptors (Lipinski definition) is 5. The summed E-state index contributed by atoms with van der Waals surface area (Å²) >= 11 is 0. The third-order valence-corrected chi connectivity index (χ3v) is 4.91. The Labute approximate surface area is 161 Å². The van der Waals surface area contributed by atoms with Crippen LogP contribution in [0.5, 0.6) is 0 Å². The van der Waals surface area contributed by atoms with Crippen molar-refractivity contribution in [1.29, 1.82) is 0 Å². The van der Waals surface area contributed by atoms with E-state index in [9.17, 15) is 9.59 Å². The monoisotopic (exact) mass is 379 g/mol. The van der Waals surface area contributed by atoms with E-state index < -0.39 is 17.2 Å². The summed E-state index contributed by atoms with van der Waals surface area (Å²) in [6.45, 7) is 9.56. The summed E-state index contributed by atoms with van der Waals surface area (Å²) in [5.74, 6) is 0.305. The van der Waals surface area contributed by atoms with Crippen molar-refractivity contribution in [2.45, 2.75) is 90.7 Å². The summed E-state index contributed by atoms with van der Waals surface area (Å²) in [6, 6.07) is 0. The molecule has 0 saturated heterocycles. The summed E-state index contributed by atoms with van der Waals surface area (Å²) in [7, 11) is 0. The maximum absolute atomic E-state index is 12.7. The molecule has 0 aromatic carbocycles. The van der Waals surface area contributed by atoms with Gasteiger partial charge in [0, 0.05) is 6.54 Å². The molecule has 1 saturated carbocycles. The Kier molecular flexibility index (Phi) is 6.89. The van der Waals surface area contributed by atoms with Crippen LogP contribution in [0.2, 0.25) is 0 Å². The molecule has 0 radical (unpaired) electrons. The van der Waals surface area contributed by atoms with Crippen molar-refractivity contribution in [2.24, 2.45) is 0 Å². The first-order chi connectivity index (χ1) is 12.7. The van der Waals surface area contributed by atoms with Crippen LogP contribution in [0.25, 0.3) is 0 Å². The molecular formula is C20H33N3O4. The minimum absolute atomic E-state index is 0.208. The molecule has 1 aliphatic rings. The fraction of sp³-hybridized carbons (Fsp3) is 0.750. The lowest BCUT2D eigenvalue weighted by Gasteiger charge is -2.35. The molecule has 7 nitrogen and oxygen atoms in total. The second-order valence-electron chi connectivity index (χ2n) is 8.42. The maximum Gasteiger partial charge on any atom is 0.408 e. The Morgan fingerprint density at radius 3 is 2.37 bits per heavy atom. The molecule has 1 heterocycles. The minimum atomic E-state index is -0.561. The van der Waals surface area contributed by atoms with Crippen LogP contribution in [0.1, 0.15) is 88.0 Å². The zero-order valence-corrected chi connectivity index (χ0v) is 17.2. The molecule has 0 atom stereocenters. The Morgan fingerprint density at radius 2 is 1.81 bits per heavy atom. The van der Waals surface area contributed by atoms with Gasteiger partial charge in [-0.3, -0.25) is 4.79 Å². The van der Waals surface area contributed by atoms with Crippen LogP contribution in [0.3, 0.4) is 0 Å². The van der Waals surface area contributed by atoms with Gasteiger partial charge in [0.05, 0.1) is 11.2 Å². The van der Waals surface area contributed by atoms with Crippen LogP contribution in [-0.2, 0) is 11.2 Å². The molecule has 1 fully saturated rings. The number of aryl methyl sites for hydroxylation is 2. The molecule has 152 valence electrons. The van der Waals surface area contributed by atoms with Crippen molar-refractivity contribution in [3.8, 4) is 0 Å². The van der Waals surface area contributed by atoms with E-state index in [1.165, 1.54) is 0 Å². The third kappa shape index (κ3) is 5.97. The minimum Gasteiger partial charge on any atom is -0.444 e. The van der Waals surface area contributed by atoms with Gasteiger partial charge in [-0.15, -0.1) is 0 Å². The van der Waals surface area contributed by atoms with Crippen molar-refractivity contribution < 1.29 is 18.8 Å². The van der Waals surface area contributed by atoms with Crippen molar-refractivity contribution in [1.82, 2.24) is 15.8 Å². The van der Waals surface area contributed by atoms with Crippen LogP contribution >= 0.6 is 0 Å². The maximum atomic E-state index is 12.7. The van der Waals surface area contributed by atoms with E-state index in [-0.39, 0.29) is 5.91 Å². The zero-order chi connectivity index (χ0) is 20.1. The van der Waals surface area contributed by atoms with Crippen LogP contribution in [0.15, 0.2) is 4.52 Å². The van der Waals surface area contributed by atoms with Gasteiger partial charge in [0.25, 0.3) is 5.91 Å². The SMILES string of the molecule is CCc1noc(C)c1C(=O)NCC1(NC(=O)OC(C)(C)C)CCCCCC1. The Morgan fingerprint density at radius 1 is 1.19 bits per heavy atom. The van der Waals surface area contributed by atoms with Crippen LogP contribution in [-0.4, -0.2) is 34.8 Å². The van der Waals surface area contributed by atoms with Crippen LogP contribution < -0.4 is 10.6 Å². The van der Waals surface area contributed by atoms with E-state index in [1.54, 1.807) is 6.92 Å². The lowest BCUT2D eigenvalue weighted by molar-refractivity contribution is 0.0437. The van der Waals surface area contributed by atoms with Gasteiger partial charge < -0.3 is 19.9 Å². The normalized spacial score (nSPS) is 17.1. The smallest absolute Gasteiger partial charge is 0.408 e. The highest BCUT2D eigenvalue weighted by Crippen LogP contribution is 2.27. The number of amides is 2. The number of hydrogen-bond donors (Lipinski definition) is 2. The highest BCUT2D eigenvalue weighted by atomic mass is 16.6. The molecule has 7 heteroatoms. The van der Waals surface area contributed by atoms with Gasteiger partial charge in [-0.1, -0.05) is 37.8 Å². The van der Waals surface area contributed by atoms with Gasteiger partial charge in [-0.05, 0) is 47.0 Å². The van der Waals surface area contributed by atoms with E-state index >= 15 is 0 Å². The molecule has 0 aliphatic heterocycles. The largest absolute Gasteiger partial charge is 0.444 e. The second kappa shape index (κ2) is 8.76. The molecule has 2 rings (SSSR count). The van der Waals surface area contributed by atoms with Gasteiger partial charge in [-0.2, -0.15) is 0 Å². The Hall–Kier alpha value is -2.05. The van der Waals surface area contributed by atoms with E-state index in [0.29, 0.717) is 30.0 Å². The third-order valence-electron chi connectivity index (χ3n) is 4.91. The number of nitrogens with one attached hydrogen (secondary N) is 2. The van der Waals surface area contributed by atoms with Gasteiger partial charge in [0.2, 0.25) is 0 Å². The van der Waals surface area contributed by atoms with Gasteiger partial charge >= 0.3 is 6.09 Å². The molecule has 27 heavy (non-hydrogen) atoms. The van der Waals surface area contributed by atoms with Crippen molar-refractivity contribution >= 4 is 12.0 Å². The van der Waals surface area contributed by atoms with Crippen molar-refractivity contribution in [3.63, 3.8) is 0 Å². The predicted molar refractivity (Wildman–Crippen MR) is 103 cm³/mol. The average molecular weight is 380 g/mol. The molecule has 0 spiro atoms. The Bertz CT molecular complexity index is 653. The number of rotatable bonds is 5. The molecule has 2 N–H and O–H groups in total. The summed E-state index contributed by atoms with van der Waals surface area (Å²) in [5.41, 5.74) is 0.0967. The molecule has 1 aromatic rings. The first-order valence-corrected chi connectivity index (χ1v) is 9.90. The highest BCUT2D eigenvalue weighted by molar-refractivity contribution is 5.96. The molecule has 1 aromatic heterocycles. The van der Waals surface area contributed by atoms with E-state index in [2.05, 4.69) is 15.8 Å².